The van der Waals surface area contributed by atoms with Gasteiger partial charge in [-0.25, -0.2) is 0 Å². The maximum Gasteiger partial charge on any atom is 0.0206 e. The molecule has 1 rings (SSSR count). The fourth-order valence-corrected chi connectivity index (χ4v) is 1.37. The van der Waals surface area contributed by atoms with Crippen molar-refractivity contribution in [2.24, 2.45) is 5.41 Å². The van der Waals surface area contributed by atoms with Crippen LogP contribution in [0.5, 0.6) is 0 Å². The van der Waals surface area contributed by atoms with E-state index < -0.39 is 0 Å². The van der Waals surface area contributed by atoms with Crippen molar-refractivity contribution in [3.8, 4) is 0 Å². The molecular weight excluding hydrogens is 122 g/mol. The van der Waals surface area contributed by atoms with Crippen molar-refractivity contribution in [3.63, 3.8) is 0 Å². The molecule has 10 heavy (non-hydrogen) atoms. The maximum atomic E-state index is 3.90. The Balaban J connectivity index is 2.22. The Bertz CT molecular complexity index is 133. The molecular formula is C9H17N. The van der Waals surface area contributed by atoms with Gasteiger partial charge in [-0.05, 0) is 11.0 Å². The summed E-state index contributed by atoms with van der Waals surface area (Å²) >= 11 is 0. The zero-order chi connectivity index (χ0) is 7.78. The SMILES string of the molecule is C=C1CN(CC(C)(C)C)C1. The smallest absolute Gasteiger partial charge is 0.0206 e. The van der Waals surface area contributed by atoms with E-state index in [1.807, 2.05) is 0 Å². The van der Waals surface area contributed by atoms with E-state index in [1.54, 1.807) is 0 Å². The lowest BCUT2D eigenvalue weighted by atomic mass is 9.94. The van der Waals surface area contributed by atoms with Crippen molar-refractivity contribution in [1.29, 1.82) is 0 Å². The molecule has 1 aliphatic rings. The highest BCUT2D eigenvalue weighted by Crippen LogP contribution is 2.20. The molecule has 0 aromatic rings. The molecule has 0 atom stereocenters. The van der Waals surface area contributed by atoms with E-state index in [4.69, 9.17) is 0 Å². The van der Waals surface area contributed by atoms with Crippen molar-refractivity contribution in [3.05, 3.63) is 12.2 Å². The largest absolute Gasteiger partial charge is 0.295 e. The summed E-state index contributed by atoms with van der Waals surface area (Å²) < 4.78 is 0. The first-order valence-electron chi connectivity index (χ1n) is 3.86. The predicted octanol–water partition coefficient (Wildman–Crippen LogP) is 1.90. The van der Waals surface area contributed by atoms with E-state index >= 15 is 0 Å². The third-order valence-electron chi connectivity index (χ3n) is 1.59. The standard InChI is InChI=1S/C9H17N/c1-8-5-10(6-8)7-9(2,3)4/h1,5-7H2,2-4H3. The van der Waals surface area contributed by atoms with Crippen molar-refractivity contribution in [2.75, 3.05) is 19.6 Å². The molecule has 0 amide bonds. The molecule has 0 spiro atoms. The number of hydrogen-bond acceptors (Lipinski definition) is 1. The average Bonchev–Trinajstić information content (AvgIpc) is 1.57. The van der Waals surface area contributed by atoms with Gasteiger partial charge >= 0.3 is 0 Å². The first-order valence-corrected chi connectivity index (χ1v) is 3.86. The van der Waals surface area contributed by atoms with Gasteiger partial charge in [-0.2, -0.15) is 0 Å². The van der Waals surface area contributed by atoms with Crippen LogP contribution in [-0.2, 0) is 0 Å². The van der Waals surface area contributed by atoms with Gasteiger partial charge in [0.1, 0.15) is 0 Å². The first kappa shape index (κ1) is 7.80. The molecule has 0 aromatic carbocycles. The monoisotopic (exact) mass is 139 g/mol. The van der Waals surface area contributed by atoms with Crippen LogP contribution < -0.4 is 0 Å². The van der Waals surface area contributed by atoms with Crippen LogP contribution in [0.25, 0.3) is 0 Å². The van der Waals surface area contributed by atoms with E-state index in [2.05, 4.69) is 32.3 Å². The zero-order valence-corrected chi connectivity index (χ0v) is 7.28. The van der Waals surface area contributed by atoms with Gasteiger partial charge in [0.15, 0.2) is 0 Å². The molecule has 0 aromatic heterocycles. The highest BCUT2D eigenvalue weighted by molar-refractivity contribution is 5.09. The Morgan fingerprint density at radius 2 is 1.90 bits per heavy atom. The minimum atomic E-state index is 0.445. The third kappa shape index (κ3) is 2.14. The quantitative estimate of drug-likeness (QED) is 0.501. The number of nitrogens with zero attached hydrogens (tertiary/aromatic N) is 1. The Morgan fingerprint density at radius 3 is 2.20 bits per heavy atom. The van der Waals surface area contributed by atoms with Gasteiger partial charge in [-0.1, -0.05) is 27.4 Å². The number of likely N-dealkylation sites (tertiary alicyclic amines) is 1. The van der Waals surface area contributed by atoms with Crippen LogP contribution in [0.4, 0.5) is 0 Å². The van der Waals surface area contributed by atoms with Gasteiger partial charge in [0.05, 0.1) is 0 Å². The molecule has 0 saturated carbocycles. The van der Waals surface area contributed by atoms with Crippen LogP contribution in [0.1, 0.15) is 20.8 Å². The van der Waals surface area contributed by atoms with E-state index in [0.29, 0.717) is 5.41 Å². The summed E-state index contributed by atoms with van der Waals surface area (Å²) in [5.41, 5.74) is 1.82. The van der Waals surface area contributed by atoms with E-state index in [9.17, 15) is 0 Å². The molecule has 0 bridgehead atoms. The van der Waals surface area contributed by atoms with Gasteiger partial charge < -0.3 is 0 Å². The van der Waals surface area contributed by atoms with Gasteiger partial charge in [-0.3, -0.25) is 4.90 Å². The highest BCUT2D eigenvalue weighted by Gasteiger charge is 2.22. The van der Waals surface area contributed by atoms with Crippen LogP contribution in [-0.4, -0.2) is 24.5 Å². The maximum absolute atomic E-state index is 3.90. The Morgan fingerprint density at radius 1 is 1.40 bits per heavy atom. The summed E-state index contributed by atoms with van der Waals surface area (Å²) in [6.07, 6.45) is 0. The lowest BCUT2D eigenvalue weighted by Crippen LogP contribution is -2.44. The molecule has 0 aliphatic carbocycles. The molecule has 1 saturated heterocycles. The molecule has 58 valence electrons. The van der Waals surface area contributed by atoms with Crippen molar-refractivity contribution < 1.29 is 0 Å². The summed E-state index contributed by atoms with van der Waals surface area (Å²) in [4.78, 5) is 2.43. The average molecular weight is 139 g/mol. The van der Waals surface area contributed by atoms with Crippen molar-refractivity contribution in [2.45, 2.75) is 20.8 Å². The summed E-state index contributed by atoms with van der Waals surface area (Å²) in [5, 5.41) is 0. The summed E-state index contributed by atoms with van der Waals surface area (Å²) in [5.74, 6) is 0. The highest BCUT2D eigenvalue weighted by atomic mass is 15.2. The Hall–Kier alpha value is -0.300. The number of rotatable bonds is 1. The van der Waals surface area contributed by atoms with E-state index in [1.165, 1.54) is 12.1 Å². The fourth-order valence-electron chi connectivity index (χ4n) is 1.37. The molecule has 1 fully saturated rings. The lowest BCUT2D eigenvalue weighted by Gasteiger charge is -2.37. The van der Waals surface area contributed by atoms with Gasteiger partial charge in [0, 0.05) is 19.6 Å². The molecule has 0 N–H and O–H groups in total. The second-order valence-electron chi connectivity index (χ2n) is 4.46. The topological polar surface area (TPSA) is 3.24 Å². The summed E-state index contributed by atoms with van der Waals surface area (Å²) in [6.45, 7) is 14.2. The van der Waals surface area contributed by atoms with Gasteiger partial charge in [-0.15, -0.1) is 0 Å². The molecule has 0 unspecified atom stereocenters. The van der Waals surface area contributed by atoms with Crippen molar-refractivity contribution in [1.82, 2.24) is 4.90 Å². The molecule has 1 nitrogen and oxygen atoms in total. The van der Waals surface area contributed by atoms with Crippen LogP contribution >= 0.6 is 0 Å². The second-order valence-corrected chi connectivity index (χ2v) is 4.46. The zero-order valence-electron chi connectivity index (χ0n) is 7.28. The van der Waals surface area contributed by atoms with E-state index in [-0.39, 0.29) is 0 Å². The molecule has 1 aliphatic heterocycles. The van der Waals surface area contributed by atoms with E-state index in [0.717, 1.165) is 13.1 Å². The molecule has 0 radical (unpaired) electrons. The van der Waals surface area contributed by atoms with Crippen LogP contribution in [0.2, 0.25) is 0 Å². The lowest BCUT2D eigenvalue weighted by molar-refractivity contribution is 0.173. The van der Waals surface area contributed by atoms with Crippen LogP contribution in [0.15, 0.2) is 12.2 Å². The Labute approximate surface area is 63.7 Å². The summed E-state index contributed by atoms with van der Waals surface area (Å²) in [7, 11) is 0. The minimum Gasteiger partial charge on any atom is -0.295 e. The third-order valence-corrected chi connectivity index (χ3v) is 1.59. The summed E-state index contributed by atoms with van der Waals surface area (Å²) in [6, 6.07) is 0. The first-order chi connectivity index (χ1) is 4.47. The second kappa shape index (κ2) is 2.39. The predicted molar refractivity (Wildman–Crippen MR) is 45.0 cm³/mol. The normalized spacial score (nSPS) is 20.9. The van der Waals surface area contributed by atoms with Crippen LogP contribution in [0, 0.1) is 5.41 Å². The van der Waals surface area contributed by atoms with Crippen molar-refractivity contribution >= 4 is 0 Å². The molecule has 1 heterocycles. The fraction of sp³-hybridized carbons (Fsp3) is 0.778. The van der Waals surface area contributed by atoms with Gasteiger partial charge in [0.2, 0.25) is 0 Å². The Kier molecular flexibility index (Phi) is 1.86. The molecule has 1 heteroatoms. The minimum absolute atomic E-state index is 0.445. The van der Waals surface area contributed by atoms with Crippen LogP contribution in [0.3, 0.4) is 0 Å². The van der Waals surface area contributed by atoms with Gasteiger partial charge in [0.25, 0.3) is 0 Å². The number of hydrogen-bond donors (Lipinski definition) is 0.